The van der Waals surface area contributed by atoms with E-state index in [-0.39, 0.29) is 30.1 Å². The molecular weight excluding hydrogens is 342 g/mol. The van der Waals surface area contributed by atoms with Crippen LogP contribution in [0, 0.1) is 12.8 Å². The van der Waals surface area contributed by atoms with Crippen LogP contribution >= 0.6 is 0 Å². The SMILES string of the molecule is CC(=O)Nc1ccc(CC(=O)Nc2cc(NC(=O)C(C)C)ccc2C)cc1. The predicted octanol–water partition coefficient (Wildman–Crippen LogP) is 3.73. The van der Waals surface area contributed by atoms with Gasteiger partial charge in [-0.1, -0.05) is 32.0 Å². The zero-order valence-electron chi connectivity index (χ0n) is 16.1. The van der Waals surface area contributed by atoms with Crippen molar-refractivity contribution < 1.29 is 14.4 Å². The highest BCUT2D eigenvalue weighted by Crippen LogP contribution is 2.21. The molecule has 2 aromatic carbocycles. The lowest BCUT2D eigenvalue weighted by Gasteiger charge is -2.13. The predicted molar refractivity (Wildman–Crippen MR) is 108 cm³/mol. The summed E-state index contributed by atoms with van der Waals surface area (Å²) in [5.74, 6) is -0.488. The Morgan fingerprint density at radius 1 is 0.889 bits per heavy atom. The summed E-state index contributed by atoms with van der Waals surface area (Å²) in [6.45, 7) is 6.99. The van der Waals surface area contributed by atoms with Gasteiger partial charge in [-0.05, 0) is 42.3 Å². The van der Waals surface area contributed by atoms with Crippen LogP contribution in [-0.2, 0) is 20.8 Å². The number of benzene rings is 2. The standard InChI is InChI=1S/C21H25N3O3/c1-13(2)21(27)23-18-8-5-14(3)19(12-18)24-20(26)11-16-6-9-17(10-7-16)22-15(4)25/h5-10,12-13H,11H2,1-4H3,(H,22,25)(H,23,27)(H,24,26). The topological polar surface area (TPSA) is 87.3 Å². The maximum absolute atomic E-state index is 12.4. The van der Waals surface area contributed by atoms with Crippen molar-refractivity contribution in [1.29, 1.82) is 0 Å². The van der Waals surface area contributed by atoms with Gasteiger partial charge in [0.2, 0.25) is 17.7 Å². The molecule has 0 unspecified atom stereocenters. The van der Waals surface area contributed by atoms with E-state index in [9.17, 15) is 14.4 Å². The Balaban J connectivity index is 2.02. The van der Waals surface area contributed by atoms with Gasteiger partial charge in [-0.2, -0.15) is 0 Å². The molecule has 27 heavy (non-hydrogen) atoms. The van der Waals surface area contributed by atoms with Crippen molar-refractivity contribution in [3.63, 3.8) is 0 Å². The van der Waals surface area contributed by atoms with E-state index in [1.165, 1.54) is 6.92 Å². The van der Waals surface area contributed by atoms with Gasteiger partial charge in [0.15, 0.2) is 0 Å². The number of rotatable bonds is 6. The van der Waals surface area contributed by atoms with Gasteiger partial charge < -0.3 is 16.0 Å². The summed E-state index contributed by atoms with van der Waals surface area (Å²) in [7, 11) is 0. The van der Waals surface area contributed by atoms with Gasteiger partial charge >= 0.3 is 0 Å². The summed E-state index contributed by atoms with van der Waals surface area (Å²) in [6.07, 6.45) is 0.211. The van der Waals surface area contributed by atoms with Gasteiger partial charge in [0.25, 0.3) is 0 Å². The summed E-state index contributed by atoms with van der Waals surface area (Å²) in [4.78, 5) is 35.3. The zero-order valence-corrected chi connectivity index (χ0v) is 16.1. The smallest absolute Gasteiger partial charge is 0.228 e. The molecule has 0 saturated carbocycles. The number of amides is 3. The lowest BCUT2D eigenvalue weighted by molar-refractivity contribution is -0.119. The van der Waals surface area contributed by atoms with Crippen molar-refractivity contribution in [1.82, 2.24) is 0 Å². The first-order valence-corrected chi connectivity index (χ1v) is 8.82. The molecule has 6 heteroatoms. The average molecular weight is 367 g/mol. The van der Waals surface area contributed by atoms with Gasteiger partial charge in [0.1, 0.15) is 0 Å². The third-order valence-electron chi connectivity index (χ3n) is 3.94. The Labute approximate surface area is 159 Å². The fourth-order valence-electron chi connectivity index (χ4n) is 2.41. The molecular formula is C21H25N3O3. The lowest BCUT2D eigenvalue weighted by atomic mass is 10.1. The second-order valence-electron chi connectivity index (χ2n) is 6.78. The molecule has 0 spiro atoms. The molecule has 0 aromatic heterocycles. The summed E-state index contributed by atoms with van der Waals surface area (Å²) in [5, 5.41) is 8.41. The summed E-state index contributed by atoms with van der Waals surface area (Å²) in [5.41, 5.74) is 3.75. The van der Waals surface area contributed by atoms with Gasteiger partial charge in [0, 0.05) is 29.9 Å². The van der Waals surface area contributed by atoms with E-state index in [2.05, 4.69) is 16.0 Å². The van der Waals surface area contributed by atoms with E-state index < -0.39 is 0 Å². The minimum absolute atomic E-state index is 0.0737. The van der Waals surface area contributed by atoms with Crippen LogP contribution in [-0.4, -0.2) is 17.7 Å². The summed E-state index contributed by atoms with van der Waals surface area (Å²) in [6, 6.07) is 12.6. The molecule has 0 bridgehead atoms. The number of nitrogens with one attached hydrogen (secondary N) is 3. The van der Waals surface area contributed by atoms with E-state index in [0.717, 1.165) is 11.1 Å². The van der Waals surface area contributed by atoms with Crippen molar-refractivity contribution in [3.05, 3.63) is 53.6 Å². The van der Waals surface area contributed by atoms with Crippen LogP contribution in [0.25, 0.3) is 0 Å². The molecule has 0 radical (unpaired) electrons. The number of carbonyl (C=O) groups excluding carboxylic acids is 3. The van der Waals surface area contributed by atoms with E-state index in [4.69, 9.17) is 0 Å². The summed E-state index contributed by atoms with van der Waals surface area (Å²) < 4.78 is 0. The minimum atomic E-state index is -0.155. The van der Waals surface area contributed by atoms with Crippen LogP contribution in [0.4, 0.5) is 17.1 Å². The third kappa shape index (κ3) is 6.26. The molecule has 0 saturated heterocycles. The normalized spacial score (nSPS) is 10.4. The van der Waals surface area contributed by atoms with Crippen LogP contribution in [0.3, 0.4) is 0 Å². The molecule has 0 aliphatic carbocycles. The largest absolute Gasteiger partial charge is 0.326 e. The van der Waals surface area contributed by atoms with E-state index in [0.29, 0.717) is 17.1 Å². The minimum Gasteiger partial charge on any atom is -0.326 e. The molecule has 0 heterocycles. The monoisotopic (exact) mass is 367 g/mol. The molecule has 0 fully saturated rings. The Kier molecular flexibility index (Phi) is 6.71. The first kappa shape index (κ1) is 20.2. The first-order valence-electron chi connectivity index (χ1n) is 8.82. The Hall–Kier alpha value is -3.15. The molecule has 0 aliphatic heterocycles. The Morgan fingerprint density at radius 3 is 2.11 bits per heavy atom. The number of hydrogen-bond donors (Lipinski definition) is 3. The maximum atomic E-state index is 12.4. The van der Waals surface area contributed by atoms with Crippen molar-refractivity contribution in [3.8, 4) is 0 Å². The molecule has 142 valence electrons. The maximum Gasteiger partial charge on any atom is 0.228 e. The van der Waals surface area contributed by atoms with Crippen LogP contribution in [0.1, 0.15) is 31.9 Å². The van der Waals surface area contributed by atoms with Gasteiger partial charge in [0.05, 0.1) is 6.42 Å². The number of anilines is 3. The molecule has 0 aliphatic rings. The number of hydrogen-bond acceptors (Lipinski definition) is 3. The highest BCUT2D eigenvalue weighted by molar-refractivity contribution is 5.96. The summed E-state index contributed by atoms with van der Waals surface area (Å²) >= 11 is 0. The van der Waals surface area contributed by atoms with Gasteiger partial charge in [-0.25, -0.2) is 0 Å². The second kappa shape index (κ2) is 8.98. The van der Waals surface area contributed by atoms with Crippen molar-refractivity contribution in [2.24, 2.45) is 5.92 Å². The molecule has 6 nitrogen and oxygen atoms in total. The zero-order chi connectivity index (χ0) is 20.0. The van der Waals surface area contributed by atoms with Crippen molar-refractivity contribution in [2.45, 2.75) is 34.1 Å². The fraction of sp³-hybridized carbons (Fsp3) is 0.286. The van der Waals surface area contributed by atoms with Crippen LogP contribution < -0.4 is 16.0 Å². The second-order valence-corrected chi connectivity index (χ2v) is 6.78. The van der Waals surface area contributed by atoms with E-state index in [1.54, 1.807) is 30.3 Å². The lowest BCUT2D eigenvalue weighted by Crippen LogP contribution is -2.18. The van der Waals surface area contributed by atoms with Crippen LogP contribution in [0.5, 0.6) is 0 Å². The molecule has 3 N–H and O–H groups in total. The Morgan fingerprint density at radius 2 is 1.52 bits per heavy atom. The van der Waals surface area contributed by atoms with Gasteiger partial charge in [-0.15, -0.1) is 0 Å². The van der Waals surface area contributed by atoms with Crippen LogP contribution in [0.2, 0.25) is 0 Å². The highest BCUT2D eigenvalue weighted by Gasteiger charge is 2.10. The van der Waals surface area contributed by atoms with Crippen molar-refractivity contribution >= 4 is 34.8 Å². The van der Waals surface area contributed by atoms with Crippen LogP contribution in [0.15, 0.2) is 42.5 Å². The number of aryl methyl sites for hydroxylation is 1. The van der Waals surface area contributed by atoms with Crippen molar-refractivity contribution in [2.75, 3.05) is 16.0 Å². The molecule has 2 rings (SSSR count). The molecule has 2 aromatic rings. The highest BCUT2D eigenvalue weighted by atomic mass is 16.2. The first-order chi connectivity index (χ1) is 12.7. The molecule has 0 atom stereocenters. The molecule has 3 amide bonds. The third-order valence-corrected chi connectivity index (χ3v) is 3.94. The number of carbonyl (C=O) groups is 3. The van der Waals surface area contributed by atoms with E-state index in [1.807, 2.05) is 32.9 Å². The Bertz CT molecular complexity index is 842. The fourth-order valence-corrected chi connectivity index (χ4v) is 2.41. The van der Waals surface area contributed by atoms with Gasteiger partial charge in [-0.3, -0.25) is 14.4 Å². The average Bonchev–Trinajstić information content (AvgIpc) is 2.59. The van der Waals surface area contributed by atoms with E-state index >= 15 is 0 Å². The quantitative estimate of drug-likeness (QED) is 0.727.